The molecule has 0 saturated heterocycles. The number of sulfonamides is 1. The van der Waals surface area contributed by atoms with Crippen molar-refractivity contribution in [1.29, 1.82) is 0 Å². The maximum atomic E-state index is 12.4. The first-order chi connectivity index (χ1) is 9.20. The van der Waals surface area contributed by atoms with E-state index >= 15 is 0 Å². The zero-order chi connectivity index (χ0) is 15.5. The molecule has 0 fully saturated rings. The van der Waals surface area contributed by atoms with Gasteiger partial charge in [0.1, 0.15) is 4.90 Å². The SMILES string of the molecule is Cc1nn(CCO)c(C)c1S(=O)(=O)NCC(C)N(C)C. The summed E-state index contributed by atoms with van der Waals surface area (Å²) < 4.78 is 28.9. The number of hydrogen-bond acceptors (Lipinski definition) is 5. The second kappa shape index (κ2) is 6.66. The molecule has 1 rings (SSSR count). The van der Waals surface area contributed by atoms with Crippen LogP contribution in [0.15, 0.2) is 4.90 Å². The average molecular weight is 304 g/mol. The Morgan fingerprint density at radius 1 is 1.40 bits per heavy atom. The quantitative estimate of drug-likeness (QED) is 0.723. The van der Waals surface area contributed by atoms with Crippen molar-refractivity contribution in [2.24, 2.45) is 0 Å². The highest BCUT2D eigenvalue weighted by Crippen LogP contribution is 2.19. The van der Waals surface area contributed by atoms with Crippen LogP contribution in [-0.4, -0.2) is 61.5 Å². The lowest BCUT2D eigenvalue weighted by molar-refractivity contribution is 0.267. The lowest BCUT2D eigenvalue weighted by atomic mass is 10.3. The van der Waals surface area contributed by atoms with Gasteiger partial charge in [0.15, 0.2) is 0 Å². The molecular formula is C12H24N4O3S. The zero-order valence-corrected chi connectivity index (χ0v) is 13.5. The number of nitrogens with one attached hydrogen (secondary N) is 1. The van der Waals surface area contributed by atoms with E-state index in [0.717, 1.165) is 0 Å². The molecule has 8 heteroatoms. The number of nitrogens with zero attached hydrogens (tertiary/aromatic N) is 3. The minimum atomic E-state index is -3.59. The van der Waals surface area contributed by atoms with E-state index in [0.29, 0.717) is 17.9 Å². The largest absolute Gasteiger partial charge is 0.394 e. The van der Waals surface area contributed by atoms with Crippen LogP contribution in [0.5, 0.6) is 0 Å². The van der Waals surface area contributed by atoms with E-state index in [1.807, 2.05) is 25.9 Å². The van der Waals surface area contributed by atoms with Crippen molar-refractivity contribution in [2.75, 3.05) is 27.2 Å². The molecule has 1 heterocycles. The molecule has 2 N–H and O–H groups in total. The van der Waals surface area contributed by atoms with Crippen molar-refractivity contribution in [3.05, 3.63) is 11.4 Å². The summed E-state index contributed by atoms with van der Waals surface area (Å²) in [6.45, 7) is 5.84. The Kier molecular flexibility index (Phi) is 5.69. The summed E-state index contributed by atoms with van der Waals surface area (Å²) in [7, 11) is 0.206. The van der Waals surface area contributed by atoms with Gasteiger partial charge in [-0.15, -0.1) is 0 Å². The topological polar surface area (TPSA) is 87.5 Å². The predicted octanol–water partition coefficient (Wildman–Crippen LogP) is -0.279. The lowest BCUT2D eigenvalue weighted by Crippen LogP contribution is -2.38. The highest BCUT2D eigenvalue weighted by molar-refractivity contribution is 7.89. The minimum Gasteiger partial charge on any atom is -0.394 e. The molecule has 116 valence electrons. The third-order valence-electron chi connectivity index (χ3n) is 3.35. The highest BCUT2D eigenvalue weighted by atomic mass is 32.2. The van der Waals surface area contributed by atoms with Gasteiger partial charge < -0.3 is 10.0 Å². The molecule has 0 bridgehead atoms. The van der Waals surface area contributed by atoms with Crippen LogP contribution in [0.4, 0.5) is 0 Å². The van der Waals surface area contributed by atoms with E-state index in [9.17, 15) is 8.42 Å². The molecule has 0 spiro atoms. The predicted molar refractivity (Wildman–Crippen MR) is 77.1 cm³/mol. The summed E-state index contributed by atoms with van der Waals surface area (Å²) in [5.74, 6) is 0. The molecule has 20 heavy (non-hydrogen) atoms. The maximum absolute atomic E-state index is 12.4. The molecule has 0 aliphatic heterocycles. The monoisotopic (exact) mass is 304 g/mol. The Bertz CT molecular complexity index is 551. The molecular weight excluding hydrogens is 280 g/mol. The van der Waals surface area contributed by atoms with Crippen molar-refractivity contribution >= 4 is 10.0 Å². The zero-order valence-electron chi connectivity index (χ0n) is 12.7. The molecule has 0 aromatic carbocycles. The molecule has 1 aromatic rings. The minimum absolute atomic E-state index is 0.0768. The Balaban J connectivity index is 2.98. The first kappa shape index (κ1) is 17.1. The Labute approximate surface area is 120 Å². The van der Waals surface area contributed by atoms with Gasteiger partial charge in [-0.2, -0.15) is 5.10 Å². The van der Waals surface area contributed by atoms with E-state index in [4.69, 9.17) is 5.11 Å². The van der Waals surface area contributed by atoms with E-state index in [1.165, 1.54) is 4.68 Å². The molecule has 0 aliphatic carbocycles. The van der Waals surface area contributed by atoms with Crippen LogP contribution in [0.25, 0.3) is 0 Å². The van der Waals surface area contributed by atoms with Crippen molar-refractivity contribution < 1.29 is 13.5 Å². The van der Waals surface area contributed by atoms with Crippen LogP contribution in [0.3, 0.4) is 0 Å². The fourth-order valence-electron chi connectivity index (χ4n) is 1.87. The molecule has 0 saturated carbocycles. The molecule has 1 unspecified atom stereocenters. The van der Waals surface area contributed by atoms with Gasteiger partial charge in [0.05, 0.1) is 24.5 Å². The summed E-state index contributed by atoms with van der Waals surface area (Å²) in [6.07, 6.45) is 0. The summed E-state index contributed by atoms with van der Waals surface area (Å²) in [6, 6.07) is 0.0953. The number of hydrogen-bond donors (Lipinski definition) is 2. The smallest absolute Gasteiger partial charge is 0.244 e. The van der Waals surface area contributed by atoms with Crippen molar-refractivity contribution in [3.8, 4) is 0 Å². The van der Waals surface area contributed by atoms with Gasteiger partial charge in [-0.05, 0) is 34.9 Å². The number of aryl methyl sites for hydroxylation is 1. The van der Waals surface area contributed by atoms with Gasteiger partial charge in [0.2, 0.25) is 10.0 Å². The van der Waals surface area contributed by atoms with Crippen LogP contribution in [0, 0.1) is 13.8 Å². The summed E-state index contributed by atoms with van der Waals surface area (Å²) >= 11 is 0. The summed E-state index contributed by atoms with van der Waals surface area (Å²) in [5, 5.41) is 13.1. The van der Waals surface area contributed by atoms with Gasteiger partial charge in [0, 0.05) is 12.6 Å². The second-order valence-electron chi connectivity index (χ2n) is 5.11. The fourth-order valence-corrected chi connectivity index (χ4v) is 3.40. The standard InChI is InChI=1S/C12H24N4O3S/c1-9(15(4)5)8-13-20(18,19)12-10(2)14-16(6-7-17)11(12)3/h9,13,17H,6-8H2,1-5H3. The van der Waals surface area contributed by atoms with Gasteiger partial charge in [0.25, 0.3) is 0 Å². The Hall–Kier alpha value is -0.960. The number of likely N-dealkylation sites (N-methyl/N-ethyl adjacent to an activating group) is 1. The first-order valence-electron chi connectivity index (χ1n) is 6.51. The van der Waals surface area contributed by atoms with Gasteiger partial charge >= 0.3 is 0 Å². The maximum Gasteiger partial charge on any atom is 0.244 e. The third-order valence-corrected chi connectivity index (χ3v) is 5.02. The number of aliphatic hydroxyl groups excluding tert-OH is 1. The number of aliphatic hydroxyl groups is 1. The molecule has 1 atom stereocenters. The van der Waals surface area contributed by atoms with Crippen LogP contribution in [-0.2, 0) is 16.6 Å². The van der Waals surface area contributed by atoms with Crippen molar-refractivity contribution in [3.63, 3.8) is 0 Å². The highest BCUT2D eigenvalue weighted by Gasteiger charge is 2.24. The van der Waals surface area contributed by atoms with Crippen LogP contribution >= 0.6 is 0 Å². The molecule has 1 aromatic heterocycles. The van der Waals surface area contributed by atoms with Gasteiger partial charge in [-0.3, -0.25) is 4.68 Å². The molecule has 0 radical (unpaired) electrons. The summed E-state index contributed by atoms with van der Waals surface area (Å²) in [4.78, 5) is 2.15. The van der Waals surface area contributed by atoms with E-state index < -0.39 is 10.0 Å². The third kappa shape index (κ3) is 3.78. The van der Waals surface area contributed by atoms with Crippen LogP contribution < -0.4 is 4.72 Å². The van der Waals surface area contributed by atoms with Gasteiger partial charge in [-0.25, -0.2) is 13.1 Å². The second-order valence-corrected chi connectivity index (χ2v) is 6.82. The van der Waals surface area contributed by atoms with E-state index in [2.05, 4.69) is 9.82 Å². The summed E-state index contributed by atoms with van der Waals surface area (Å²) in [5.41, 5.74) is 0.988. The normalized spacial score (nSPS) is 13.9. The van der Waals surface area contributed by atoms with Crippen LogP contribution in [0.2, 0.25) is 0 Å². The van der Waals surface area contributed by atoms with Crippen molar-refractivity contribution in [1.82, 2.24) is 19.4 Å². The molecule has 0 amide bonds. The van der Waals surface area contributed by atoms with Crippen molar-refractivity contribution in [2.45, 2.75) is 38.3 Å². The molecule has 7 nitrogen and oxygen atoms in total. The number of aromatic nitrogens is 2. The lowest BCUT2D eigenvalue weighted by Gasteiger charge is -2.20. The average Bonchev–Trinajstić information content (AvgIpc) is 2.62. The molecule has 0 aliphatic rings. The first-order valence-corrected chi connectivity index (χ1v) is 8.00. The van der Waals surface area contributed by atoms with E-state index in [-0.39, 0.29) is 24.1 Å². The Morgan fingerprint density at radius 2 is 2.00 bits per heavy atom. The van der Waals surface area contributed by atoms with E-state index in [1.54, 1.807) is 13.8 Å². The fraction of sp³-hybridized carbons (Fsp3) is 0.750. The Morgan fingerprint density at radius 3 is 2.50 bits per heavy atom. The number of rotatable bonds is 7. The van der Waals surface area contributed by atoms with Gasteiger partial charge in [-0.1, -0.05) is 0 Å². The van der Waals surface area contributed by atoms with Crippen LogP contribution in [0.1, 0.15) is 18.3 Å².